The second kappa shape index (κ2) is 5.08. The van der Waals surface area contributed by atoms with Crippen LogP contribution in [-0.2, 0) is 11.2 Å². The highest BCUT2D eigenvalue weighted by atomic mass is 32.1. The minimum absolute atomic E-state index is 0.0160. The molecule has 17 heavy (non-hydrogen) atoms. The first-order valence-electron chi connectivity index (χ1n) is 5.57. The van der Waals surface area contributed by atoms with E-state index < -0.39 is 0 Å². The number of hydrogen-bond donors (Lipinski definition) is 1. The number of hydrogen-bond acceptors (Lipinski definition) is 5. The summed E-state index contributed by atoms with van der Waals surface area (Å²) < 4.78 is 5.06. The van der Waals surface area contributed by atoms with Gasteiger partial charge >= 0.3 is 0 Å². The quantitative estimate of drug-likeness (QED) is 0.900. The van der Waals surface area contributed by atoms with Gasteiger partial charge in [0.15, 0.2) is 0 Å². The van der Waals surface area contributed by atoms with Gasteiger partial charge in [-0.05, 0) is 19.4 Å². The Labute approximate surface area is 105 Å². The monoisotopic (exact) mass is 251 g/mol. The predicted molar refractivity (Wildman–Crippen MR) is 70.4 cm³/mol. The molecule has 0 radical (unpaired) electrons. The van der Waals surface area contributed by atoms with Crippen molar-refractivity contribution in [1.82, 2.24) is 9.97 Å². The summed E-state index contributed by atoms with van der Waals surface area (Å²) >= 11 is 1.71. The normalized spacial score (nSPS) is 13.2. The number of ether oxygens (including phenoxy) is 1. The van der Waals surface area contributed by atoms with Gasteiger partial charge in [0.05, 0.1) is 12.3 Å². The van der Waals surface area contributed by atoms with Crippen LogP contribution < -0.4 is 5.73 Å². The number of fused-ring (bicyclic) bond motifs is 1. The molecule has 2 aromatic heterocycles. The van der Waals surface area contributed by atoms with Crippen LogP contribution in [0.25, 0.3) is 10.2 Å². The van der Waals surface area contributed by atoms with E-state index in [1.165, 1.54) is 15.8 Å². The highest BCUT2D eigenvalue weighted by Crippen LogP contribution is 2.30. The fraction of sp³-hybridized carbons (Fsp3) is 0.500. The maximum absolute atomic E-state index is 5.98. The predicted octanol–water partition coefficient (Wildman–Crippen LogP) is 1.82. The van der Waals surface area contributed by atoms with Crippen LogP contribution in [0.5, 0.6) is 0 Å². The van der Waals surface area contributed by atoms with E-state index in [2.05, 4.69) is 23.8 Å². The van der Waals surface area contributed by atoms with Gasteiger partial charge < -0.3 is 10.5 Å². The first-order valence-corrected chi connectivity index (χ1v) is 6.39. The molecule has 0 fully saturated rings. The molecule has 2 N–H and O–H groups in total. The summed E-state index contributed by atoms with van der Waals surface area (Å²) in [6.45, 7) is 4.77. The lowest BCUT2D eigenvalue weighted by molar-refractivity contribution is 0.180. The van der Waals surface area contributed by atoms with Gasteiger partial charge in [0.25, 0.3) is 0 Å². The molecule has 0 aromatic carbocycles. The van der Waals surface area contributed by atoms with Gasteiger partial charge in [-0.15, -0.1) is 11.3 Å². The van der Waals surface area contributed by atoms with Gasteiger partial charge in [-0.3, -0.25) is 0 Å². The van der Waals surface area contributed by atoms with E-state index in [9.17, 15) is 0 Å². The standard InChI is InChI=1S/C12H17N3OS/c1-7-8(2)17-12-11(7)10(14-6-15-12)4-9(13)5-16-3/h6,9H,4-5,13H2,1-3H3. The Morgan fingerprint density at radius 3 is 2.88 bits per heavy atom. The van der Waals surface area contributed by atoms with Crippen LogP contribution in [0, 0.1) is 13.8 Å². The molecule has 0 amide bonds. The molecule has 2 aromatic rings. The molecule has 1 atom stereocenters. The van der Waals surface area contributed by atoms with E-state index in [-0.39, 0.29) is 6.04 Å². The van der Waals surface area contributed by atoms with Crippen LogP contribution in [0.2, 0.25) is 0 Å². The number of thiophene rings is 1. The first-order chi connectivity index (χ1) is 8.13. The zero-order valence-electron chi connectivity index (χ0n) is 10.4. The number of rotatable bonds is 4. The molecular weight excluding hydrogens is 234 g/mol. The Morgan fingerprint density at radius 1 is 1.41 bits per heavy atom. The Kier molecular flexibility index (Phi) is 3.71. The zero-order valence-corrected chi connectivity index (χ0v) is 11.2. The lowest BCUT2D eigenvalue weighted by atomic mass is 10.1. The van der Waals surface area contributed by atoms with Crippen molar-refractivity contribution >= 4 is 21.6 Å². The Balaban J connectivity index is 2.40. The van der Waals surface area contributed by atoms with Crippen molar-refractivity contribution in [2.75, 3.05) is 13.7 Å². The highest BCUT2D eigenvalue weighted by Gasteiger charge is 2.14. The van der Waals surface area contributed by atoms with E-state index in [1.54, 1.807) is 24.8 Å². The molecule has 92 valence electrons. The SMILES string of the molecule is COCC(N)Cc1ncnc2sc(C)c(C)c12. The van der Waals surface area contributed by atoms with Crippen molar-refractivity contribution in [3.05, 3.63) is 22.5 Å². The summed E-state index contributed by atoms with van der Waals surface area (Å²) in [7, 11) is 1.66. The highest BCUT2D eigenvalue weighted by molar-refractivity contribution is 7.18. The second-order valence-electron chi connectivity index (χ2n) is 4.20. The van der Waals surface area contributed by atoms with Crippen molar-refractivity contribution in [3.8, 4) is 0 Å². The van der Waals surface area contributed by atoms with Gasteiger partial charge in [-0.1, -0.05) is 0 Å². The molecule has 5 heteroatoms. The van der Waals surface area contributed by atoms with Gasteiger partial charge in [-0.25, -0.2) is 9.97 Å². The maximum atomic E-state index is 5.98. The van der Waals surface area contributed by atoms with Crippen LogP contribution in [0.15, 0.2) is 6.33 Å². The molecule has 0 saturated carbocycles. The number of aryl methyl sites for hydroxylation is 2. The van der Waals surface area contributed by atoms with E-state index >= 15 is 0 Å². The molecular formula is C12H17N3OS. The molecule has 1 unspecified atom stereocenters. The van der Waals surface area contributed by atoms with E-state index in [1.807, 2.05) is 0 Å². The third-order valence-corrected chi connectivity index (χ3v) is 4.00. The van der Waals surface area contributed by atoms with Gasteiger partial charge in [0, 0.05) is 29.8 Å². The number of nitrogens with two attached hydrogens (primary N) is 1. The van der Waals surface area contributed by atoms with E-state index in [0.717, 1.165) is 16.9 Å². The first kappa shape index (κ1) is 12.4. The summed E-state index contributed by atoms with van der Waals surface area (Å²) in [4.78, 5) is 11.0. The zero-order chi connectivity index (χ0) is 12.4. The second-order valence-corrected chi connectivity index (χ2v) is 5.41. The minimum Gasteiger partial charge on any atom is -0.383 e. The summed E-state index contributed by atoms with van der Waals surface area (Å²) in [6, 6.07) is -0.0160. The number of aromatic nitrogens is 2. The topological polar surface area (TPSA) is 61.0 Å². The Hall–Kier alpha value is -1.04. The van der Waals surface area contributed by atoms with Crippen LogP contribution >= 0.6 is 11.3 Å². The molecule has 2 heterocycles. The smallest absolute Gasteiger partial charge is 0.127 e. The average Bonchev–Trinajstić information content (AvgIpc) is 2.56. The number of methoxy groups -OCH3 is 1. The van der Waals surface area contributed by atoms with Crippen molar-refractivity contribution < 1.29 is 4.74 Å². The van der Waals surface area contributed by atoms with Crippen molar-refractivity contribution in [2.45, 2.75) is 26.3 Å². The Bertz CT molecular complexity index is 524. The molecule has 0 spiro atoms. The van der Waals surface area contributed by atoms with Crippen LogP contribution in [0.4, 0.5) is 0 Å². The summed E-state index contributed by atoms with van der Waals surface area (Å²) in [5.74, 6) is 0. The van der Waals surface area contributed by atoms with Crippen LogP contribution in [0.1, 0.15) is 16.1 Å². The van der Waals surface area contributed by atoms with Crippen LogP contribution in [-0.4, -0.2) is 29.7 Å². The van der Waals surface area contributed by atoms with Crippen molar-refractivity contribution in [2.24, 2.45) is 5.73 Å². The van der Waals surface area contributed by atoms with E-state index in [0.29, 0.717) is 6.61 Å². The van der Waals surface area contributed by atoms with E-state index in [4.69, 9.17) is 10.5 Å². The van der Waals surface area contributed by atoms with Gasteiger partial charge in [-0.2, -0.15) is 0 Å². The molecule has 4 nitrogen and oxygen atoms in total. The fourth-order valence-corrected chi connectivity index (χ4v) is 2.95. The third kappa shape index (κ3) is 2.46. The van der Waals surface area contributed by atoms with Gasteiger partial charge in [0.1, 0.15) is 11.2 Å². The maximum Gasteiger partial charge on any atom is 0.127 e. The lowest BCUT2D eigenvalue weighted by Gasteiger charge is -2.10. The summed E-state index contributed by atoms with van der Waals surface area (Å²) in [6.07, 6.45) is 2.34. The number of nitrogens with zero attached hydrogens (tertiary/aromatic N) is 2. The molecule has 0 aliphatic rings. The van der Waals surface area contributed by atoms with Crippen molar-refractivity contribution in [3.63, 3.8) is 0 Å². The molecule has 0 aliphatic carbocycles. The Morgan fingerprint density at radius 2 is 2.18 bits per heavy atom. The average molecular weight is 251 g/mol. The van der Waals surface area contributed by atoms with Crippen molar-refractivity contribution in [1.29, 1.82) is 0 Å². The summed E-state index contributed by atoms with van der Waals surface area (Å²) in [5, 5.41) is 1.17. The molecule has 0 bridgehead atoms. The van der Waals surface area contributed by atoms with Gasteiger partial charge in [0.2, 0.25) is 0 Å². The minimum atomic E-state index is -0.0160. The molecule has 0 aliphatic heterocycles. The summed E-state index contributed by atoms with van der Waals surface area (Å²) in [5.41, 5.74) is 8.28. The third-order valence-electron chi connectivity index (χ3n) is 2.88. The van der Waals surface area contributed by atoms with Crippen LogP contribution in [0.3, 0.4) is 0 Å². The lowest BCUT2D eigenvalue weighted by Crippen LogP contribution is -2.28. The fourth-order valence-electron chi connectivity index (χ4n) is 1.93. The molecule has 0 saturated heterocycles. The largest absolute Gasteiger partial charge is 0.383 e. The molecule has 2 rings (SSSR count).